The van der Waals surface area contributed by atoms with E-state index in [9.17, 15) is 9.59 Å². The number of hydrogen-bond donors (Lipinski definition) is 0. The van der Waals surface area contributed by atoms with Crippen LogP contribution in [0, 0.1) is 0 Å². The molecule has 1 atom stereocenters. The Morgan fingerprint density at radius 1 is 1.06 bits per heavy atom. The first kappa shape index (κ1) is 12.4. The van der Waals surface area contributed by atoms with Crippen LogP contribution in [-0.4, -0.2) is 29.4 Å². The molecule has 0 spiro atoms. The van der Waals surface area contributed by atoms with Crippen molar-refractivity contribution in [2.45, 2.75) is 30.9 Å². The molecule has 2 rings (SSSR count). The Morgan fingerprint density at radius 2 is 1.65 bits per heavy atom. The minimum absolute atomic E-state index is 0.0121. The van der Waals surface area contributed by atoms with Crippen LogP contribution >= 0.6 is 0 Å². The van der Waals surface area contributed by atoms with Gasteiger partial charge in [-0.2, -0.15) is 0 Å². The third kappa shape index (κ3) is 2.62. The molecule has 1 aliphatic heterocycles. The summed E-state index contributed by atoms with van der Waals surface area (Å²) in [6.07, 6.45) is 1.02. The third-order valence-corrected chi connectivity index (χ3v) is 8.26. The zero-order valence-corrected chi connectivity index (χ0v) is 11.9. The second kappa shape index (κ2) is 5.07. The van der Waals surface area contributed by atoms with E-state index in [0.717, 1.165) is 17.1 Å². The topological polar surface area (TPSA) is 34.1 Å². The number of rotatable bonds is 2. The molecule has 0 bridgehead atoms. The molecule has 0 aromatic heterocycles. The molecule has 1 heterocycles. The Morgan fingerprint density at radius 3 is 2.24 bits per heavy atom. The number of Topliss-reactive ketones (excluding diaryl/α,β-unsaturated/α-hetero) is 2. The van der Waals surface area contributed by atoms with Gasteiger partial charge in [0.15, 0.2) is 0 Å². The van der Waals surface area contributed by atoms with Crippen molar-refractivity contribution in [2.75, 3.05) is 0 Å². The number of carbonyl (C=O) groups excluding carboxylic acids is 2. The standard InChI is InChI=1S/C14H16O2Se/c1-10(15)14(11(2)16)17-8-7-12-5-3-4-6-13(12)9-17/h3-6H,7-9H2,1-2H3. The van der Waals surface area contributed by atoms with Gasteiger partial charge in [-0.05, 0) is 0 Å². The zero-order valence-electron chi connectivity index (χ0n) is 10.2. The monoisotopic (exact) mass is 296 g/mol. The molecule has 1 aromatic rings. The van der Waals surface area contributed by atoms with Crippen LogP contribution in [0.2, 0.25) is 5.32 Å². The molecule has 2 nitrogen and oxygen atoms in total. The Balaban J connectivity index is 2.42. The van der Waals surface area contributed by atoms with Crippen molar-refractivity contribution in [1.29, 1.82) is 0 Å². The Bertz CT molecular complexity index is 499. The van der Waals surface area contributed by atoms with Crippen molar-refractivity contribution in [3.8, 4) is 0 Å². The molecule has 0 fully saturated rings. The maximum absolute atomic E-state index is 11.6. The molecule has 0 aliphatic carbocycles. The van der Waals surface area contributed by atoms with Crippen molar-refractivity contribution < 1.29 is 9.59 Å². The summed E-state index contributed by atoms with van der Waals surface area (Å²) < 4.78 is 0.625. The molecular formula is C14H16O2Se. The van der Waals surface area contributed by atoms with Crippen LogP contribution in [0.1, 0.15) is 25.0 Å². The predicted molar refractivity (Wildman–Crippen MR) is 70.8 cm³/mol. The predicted octanol–water partition coefficient (Wildman–Crippen LogP) is 1.75. The fraction of sp³-hybridized carbons (Fsp3) is 0.357. The second-order valence-electron chi connectivity index (χ2n) is 4.30. The van der Waals surface area contributed by atoms with Crippen molar-refractivity contribution >= 4 is 29.4 Å². The zero-order chi connectivity index (χ0) is 12.4. The first-order valence-electron chi connectivity index (χ1n) is 5.72. The van der Waals surface area contributed by atoms with Crippen LogP contribution in [-0.2, 0) is 21.3 Å². The Kier molecular flexibility index (Phi) is 3.70. The summed E-state index contributed by atoms with van der Waals surface area (Å²) in [6.45, 7) is 3.06. The van der Waals surface area contributed by atoms with Crippen LogP contribution in [0.15, 0.2) is 24.3 Å². The first-order valence-corrected chi connectivity index (χ1v) is 9.00. The maximum atomic E-state index is 11.6. The Labute approximate surface area is 105 Å². The number of benzene rings is 1. The van der Waals surface area contributed by atoms with E-state index in [4.69, 9.17) is 0 Å². The summed E-state index contributed by atoms with van der Waals surface area (Å²) in [5.74, 6) is -0.0243. The molecule has 1 aromatic carbocycles. The molecule has 0 saturated heterocycles. The van der Waals surface area contributed by atoms with Gasteiger partial charge < -0.3 is 0 Å². The average Bonchev–Trinajstić information content (AvgIpc) is 2.28. The Hall–Kier alpha value is -1.05. The van der Waals surface area contributed by atoms with Crippen molar-refractivity contribution in [3.05, 3.63) is 35.4 Å². The molecule has 0 radical (unpaired) electrons. The number of carbonyl (C=O) groups is 2. The summed E-state index contributed by atoms with van der Waals surface area (Å²) in [5.41, 5.74) is 2.72. The van der Waals surface area contributed by atoms with Gasteiger partial charge in [-0.1, -0.05) is 0 Å². The average molecular weight is 295 g/mol. The van der Waals surface area contributed by atoms with E-state index in [1.807, 2.05) is 6.07 Å². The fourth-order valence-corrected chi connectivity index (χ4v) is 7.36. The van der Waals surface area contributed by atoms with Crippen LogP contribution in [0.25, 0.3) is 0 Å². The van der Waals surface area contributed by atoms with Crippen LogP contribution in [0.5, 0.6) is 0 Å². The summed E-state index contributed by atoms with van der Waals surface area (Å²) in [5, 5.41) is 1.98. The summed E-state index contributed by atoms with van der Waals surface area (Å²) in [7, 11) is 0. The summed E-state index contributed by atoms with van der Waals surface area (Å²) in [4.78, 5) is 23.1. The molecule has 0 saturated carbocycles. The quantitative estimate of drug-likeness (QED) is 0.615. The van der Waals surface area contributed by atoms with E-state index in [0.29, 0.717) is 4.42 Å². The summed E-state index contributed by atoms with van der Waals surface area (Å²) >= 11 is -1.23. The van der Waals surface area contributed by atoms with E-state index in [-0.39, 0.29) is 11.6 Å². The molecule has 0 amide bonds. The van der Waals surface area contributed by atoms with Gasteiger partial charge in [0.2, 0.25) is 0 Å². The van der Waals surface area contributed by atoms with Gasteiger partial charge in [0, 0.05) is 0 Å². The van der Waals surface area contributed by atoms with Crippen LogP contribution in [0.4, 0.5) is 0 Å². The third-order valence-electron chi connectivity index (χ3n) is 2.99. The van der Waals surface area contributed by atoms with Gasteiger partial charge in [-0.25, -0.2) is 0 Å². The molecule has 1 unspecified atom stereocenters. The summed E-state index contributed by atoms with van der Waals surface area (Å²) in [6, 6.07) is 8.37. The molecule has 1 aliphatic rings. The van der Waals surface area contributed by atoms with Gasteiger partial charge in [0.25, 0.3) is 0 Å². The van der Waals surface area contributed by atoms with Gasteiger partial charge in [-0.3, -0.25) is 0 Å². The van der Waals surface area contributed by atoms with Gasteiger partial charge in [-0.15, -0.1) is 0 Å². The van der Waals surface area contributed by atoms with Gasteiger partial charge >= 0.3 is 105 Å². The normalized spacial score (nSPS) is 18.4. The fourth-order valence-electron chi connectivity index (χ4n) is 2.26. The van der Waals surface area contributed by atoms with Crippen LogP contribution in [0.3, 0.4) is 0 Å². The molecular weight excluding hydrogens is 279 g/mol. The first-order chi connectivity index (χ1) is 8.09. The minimum atomic E-state index is -1.23. The SMILES string of the molecule is CC(=O)C(C(C)=O)=[Se]1CCc2ccccc2C1. The molecule has 3 heteroatoms. The van der Waals surface area contributed by atoms with Crippen molar-refractivity contribution in [3.63, 3.8) is 0 Å². The second-order valence-corrected chi connectivity index (χ2v) is 8.69. The number of fused-ring (bicyclic) bond motifs is 1. The van der Waals surface area contributed by atoms with E-state index >= 15 is 0 Å². The molecule has 90 valence electrons. The molecule has 17 heavy (non-hydrogen) atoms. The molecule has 0 N–H and O–H groups in total. The number of aryl methyl sites for hydroxylation is 1. The number of hydrogen-bond acceptors (Lipinski definition) is 2. The van der Waals surface area contributed by atoms with Gasteiger partial charge in [0.1, 0.15) is 0 Å². The van der Waals surface area contributed by atoms with E-state index < -0.39 is 13.5 Å². The van der Waals surface area contributed by atoms with E-state index in [2.05, 4.69) is 18.2 Å². The van der Waals surface area contributed by atoms with Crippen molar-refractivity contribution in [2.24, 2.45) is 0 Å². The van der Waals surface area contributed by atoms with Crippen LogP contribution < -0.4 is 0 Å². The van der Waals surface area contributed by atoms with Crippen molar-refractivity contribution in [1.82, 2.24) is 0 Å². The number of ketones is 2. The van der Waals surface area contributed by atoms with Gasteiger partial charge in [0.05, 0.1) is 0 Å². The van der Waals surface area contributed by atoms with E-state index in [1.54, 1.807) is 0 Å². The van der Waals surface area contributed by atoms with E-state index in [1.165, 1.54) is 25.0 Å².